The number of hydrogen-bond acceptors (Lipinski definition) is 4. The monoisotopic (exact) mass is 351 g/mol. The van der Waals surface area contributed by atoms with E-state index in [1.165, 1.54) is 0 Å². The van der Waals surface area contributed by atoms with Gasteiger partial charge in [-0.2, -0.15) is 5.10 Å². The maximum Gasteiger partial charge on any atom is 0.259 e. The maximum atomic E-state index is 13.0. The molecule has 24 heavy (non-hydrogen) atoms. The number of nitrogens with zero attached hydrogens (tertiary/aromatic N) is 4. The quantitative estimate of drug-likeness (QED) is 0.920. The molecule has 0 saturated carbocycles. The Kier molecular flexibility index (Phi) is 5.83. The third-order valence-corrected chi connectivity index (χ3v) is 4.68. The molecule has 1 N–H and O–H groups in total. The fourth-order valence-electron chi connectivity index (χ4n) is 3.46. The predicted octanol–water partition coefficient (Wildman–Crippen LogP) is 2.15. The minimum absolute atomic E-state index is 0. The van der Waals surface area contributed by atoms with Crippen LogP contribution in [-0.2, 0) is 0 Å². The highest BCUT2D eigenvalue weighted by Crippen LogP contribution is 2.22. The second-order valence-corrected chi connectivity index (χ2v) is 6.53. The summed E-state index contributed by atoms with van der Waals surface area (Å²) in [5, 5.41) is 7.74. The lowest BCUT2D eigenvalue weighted by Gasteiger charge is -2.31. The molecule has 1 saturated heterocycles. The number of fused-ring (bicyclic) bond motifs is 1. The normalized spacial score (nSPS) is 15.6. The van der Waals surface area contributed by atoms with Crippen LogP contribution >= 0.6 is 12.4 Å². The predicted molar refractivity (Wildman–Crippen MR) is 97.0 cm³/mol. The van der Waals surface area contributed by atoms with Crippen molar-refractivity contribution in [3.63, 3.8) is 0 Å². The molecular weight excluding hydrogens is 326 g/mol. The van der Waals surface area contributed by atoms with Gasteiger partial charge in [0.15, 0.2) is 5.65 Å². The zero-order valence-electron chi connectivity index (χ0n) is 14.8. The van der Waals surface area contributed by atoms with Crippen molar-refractivity contribution in [2.24, 2.45) is 5.92 Å². The number of amides is 1. The molecule has 2 aromatic rings. The summed E-state index contributed by atoms with van der Waals surface area (Å²) in [7, 11) is 1.98. The number of aryl methyl sites for hydroxylation is 3. The van der Waals surface area contributed by atoms with Crippen LogP contribution in [0.2, 0.25) is 0 Å². The highest BCUT2D eigenvalue weighted by atomic mass is 35.5. The van der Waals surface area contributed by atoms with E-state index in [9.17, 15) is 4.79 Å². The van der Waals surface area contributed by atoms with Gasteiger partial charge in [0, 0.05) is 24.5 Å². The molecule has 0 aromatic carbocycles. The minimum atomic E-state index is 0. The second kappa shape index (κ2) is 7.49. The molecule has 0 atom stereocenters. The van der Waals surface area contributed by atoms with Crippen molar-refractivity contribution in [3.8, 4) is 0 Å². The maximum absolute atomic E-state index is 13.0. The van der Waals surface area contributed by atoms with Gasteiger partial charge in [-0.1, -0.05) is 0 Å². The molecule has 2 aromatic heterocycles. The van der Waals surface area contributed by atoms with Crippen LogP contribution in [-0.4, -0.2) is 52.1 Å². The third kappa shape index (κ3) is 3.39. The number of halogens is 1. The van der Waals surface area contributed by atoms with Crippen molar-refractivity contribution in [1.29, 1.82) is 0 Å². The topological polar surface area (TPSA) is 62.5 Å². The Balaban J connectivity index is 0.00000208. The van der Waals surface area contributed by atoms with Crippen molar-refractivity contribution >= 4 is 24.0 Å². The smallest absolute Gasteiger partial charge is 0.259 e. The molecule has 0 spiro atoms. The molecule has 0 radical (unpaired) electrons. The van der Waals surface area contributed by atoms with Gasteiger partial charge in [-0.05, 0) is 59.2 Å². The molecule has 1 aliphatic heterocycles. The highest BCUT2D eigenvalue weighted by Gasteiger charge is 2.27. The Morgan fingerprint density at radius 3 is 2.58 bits per heavy atom. The molecule has 3 heterocycles. The van der Waals surface area contributed by atoms with Gasteiger partial charge in [0.25, 0.3) is 5.91 Å². The summed E-state index contributed by atoms with van der Waals surface area (Å²) in [5.74, 6) is 0.731. The van der Waals surface area contributed by atoms with Crippen LogP contribution in [0.1, 0.15) is 40.3 Å². The Morgan fingerprint density at radius 2 is 1.96 bits per heavy atom. The van der Waals surface area contributed by atoms with Crippen LogP contribution < -0.4 is 5.32 Å². The summed E-state index contributed by atoms with van der Waals surface area (Å²) in [6.07, 6.45) is 2.10. The van der Waals surface area contributed by atoms with Gasteiger partial charge < -0.3 is 10.2 Å². The van der Waals surface area contributed by atoms with Crippen LogP contribution in [0.5, 0.6) is 0 Å². The first-order valence-electron chi connectivity index (χ1n) is 8.28. The van der Waals surface area contributed by atoms with Crippen molar-refractivity contribution in [2.45, 2.75) is 33.6 Å². The molecule has 132 valence electrons. The Morgan fingerprint density at radius 1 is 1.29 bits per heavy atom. The summed E-state index contributed by atoms with van der Waals surface area (Å²) in [5.41, 5.74) is 4.01. The Hall–Kier alpha value is -1.66. The highest BCUT2D eigenvalue weighted by molar-refractivity contribution is 6.01. The molecule has 6 nitrogen and oxygen atoms in total. The molecule has 3 rings (SSSR count). The largest absolute Gasteiger partial charge is 0.338 e. The summed E-state index contributed by atoms with van der Waals surface area (Å²) in [6.45, 7) is 8.49. The number of carbonyl (C=O) groups excluding carboxylic acids is 1. The second-order valence-electron chi connectivity index (χ2n) is 6.53. The molecular formula is C17H26ClN5O. The fourth-order valence-corrected chi connectivity index (χ4v) is 3.46. The fraction of sp³-hybridized carbons (Fsp3) is 0.588. The van der Waals surface area contributed by atoms with Crippen molar-refractivity contribution in [1.82, 2.24) is 24.8 Å². The van der Waals surface area contributed by atoms with E-state index in [2.05, 4.69) is 15.4 Å². The molecule has 1 aliphatic rings. The average molecular weight is 352 g/mol. The van der Waals surface area contributed by atoms with Gasteiger partial charge in [-0.15, -0.1) is 12.4 Å². The van der Waals surface area contributed by atoms with E-state index in [1.54, 1.807) is 4.52 Å². The zero-order valence-corrected chi connectivity index (χ0v) is 15.6. The molecule has 7 heteroatoms. The first kappa shape index (κ1) is 18.7. The Labute approximate surface area is 149 Å². The van der Waals surface area contributed by atoms with Crippen LogP contribution in [0, 0.1) is 26.7 Å². The van der Waals surface area contributed by atoms with Crippen molar-refractivity contribution in [2.75, 3.05) is 26.7 Å². The number of piperidine rings is 1. The summed E-state index contributed by atoms with van der Waals surface area (Å²) < 4.78 is 1.78. The first-order chi connectivity index (χ1) is 11.0. The van der Waals surface area contributed by atoms with Crippen molar-refractivity contribution < 1.29 is 4.79 Å². The molecule has 1 amide bonds. The lowest BCUT2D eigenvalue weighted by atomic mass is 9.96. The van der Waals surface area contributed by atoms with E-state index < -0.39 is 0 Å². The first-order valence-corrected chi connectivity index (χ1v) is 8.28. The number of rotatable bonds is 3. The van der Waals surface area contributed by atoms with E-state index in [1.807, 2.05) is 38.8 Å². The van der Waals surface area contributed by atoms with E-state index in [0.29, 0.717) is 17.1 Å². The van der Waals surface area contributed by atoms with Crippen molar-refractivity contribution in [3.05, 3.63) is 28.7 Å². The van der Waals surface area contributed by atoms with Gasteiger partial charge in [0.1, 0.15) is 5.56 Å². The van der Waals surface area contributed by atoms with Crippen LogP contribution in [0.3, 0.4) is 0 Å². The SMILES string of the molecule is CNCC1CCN(C(=O)c2c(C)nn3c(C)cc(C)nc23)CC1.Cl. The molecule has 0 aliphatic carbocycles. The zero-order chi connectivity index (χ0) is 16.6. The number of nitrogens with one attached hydrogen (secondary N) is 1. The van der Waals surface area contributed by atoms with Gasteiger partial charge in [0.05, 0.1) is 5.69 Å². The van der Waals surface area contributed by atoms with Gasteiger partial charge in [0.2, 0.25) is 0 Å². The molecule has 0 unspecified atom stereocenters. The molecule has 1 fully saturated rings. The van der Waals surface area contributed by atoms with Gasteiger partial charge in [-0.3, -0.25) is 4.79 Å². The van der Waals surface area contributed by atoms with E-state index in [-0.39, 0.29) is 18.3 Å². The standard InChI is InChI=1S/C17H25N5O.ClH/c1-11-9-12(2)22-16(19-11)15(13(3)20-22)17(23)21-7-5-14(6-8-21)10-18-4;/h9,14,18H,5-8,10H2,1-4H3;1H. The summed E-state index contributed by atoms with van der Waals surface area (Å²) >= 11 is 0. The summed E-state index contributed by atoms with van der Waals surface area (Å²) in [6, 6.07) is 1.98. The van der Waals surface area contributed by atoms with E-state index in [0.717, 1.165) is 49.6 Å². The van der Waals surface area contributed by atoms with E-state index >= 15 is 0 Å². The van der Waals surface area contributed by atoms with Crippen LogP contribution in [0.15, 0.2) is 6.07 Å². The number of aromatic nitrogens is 3. The third-order valence-electron chi connectivity index (χ3n) is 4.68. The van der Waals surface area contributed by atoms with Crippen LogP contribution in [0.25, 0.3) is 5.65 Å². The van der Waals surface area contributed by atoms with Crippen LogP contribution in [0.4, 0.5) is 0 Å². The number of hydrogen-bond donors (Lipinski definition) is 1. The lowest BCUT2D eigenvalue weighted by Crippen LogP contribution is -2.40. The lowest BCUT2D eigenvalue weighted by molar-refractivity contribution is 0.0692. The average Bonchev–Trinajstić information content (AvgIpc) is 2.84. The number of carbonyl (C=O) groups is 1. The Bertz CT molecular complexity index is 734. The minimum Gasteiger partial charge on any atom is -0.338 e. The van der Waals surface area contributed by atoms with Gasteiger partial charge in [-0.25, -0.2) is 9.50 Å². The number of likely N-dealkylation sites (tertiary alicyclic amines) is 1. The van der Waals surface area contributed by atoms with E-state index in [4.69, 9.17) is 0 Å². The summed E-state index contributed by atoms with van der Waals surface area (Å²) in [4.78, 5) is 19.5. The van der Waals surface area contributed by atoms with Gasteiger partial charge >= 0.3 is 0 Å². The molecule has 0 bridgehead atoms.